The van der Waals surface area contributed by atoms with Crippen LogP contribution < -0.4 is 30.3 Å². The third-order valence-corrected chi connectivity index (χ3v) is 5.36. The molecule has 2 aromatic rings. The number of hydrogen-bond acceptors (Lipinski definition) is 6. The van der Waals surface area contributed by atoms with Gasteiger partial charge < -0.3 is 24.8 Å². The number of amides is 1. The van der Waals surface area contributed by atoms with Crippen molar-refractivity contribution in [3.8, 4) is 28.4 Å². The lowest BCUT2D eigenvalue weighted by Gasteiger charge is -2.19. The van der Waals surface area contributed by atoms with Crippen LogP contribution in [-0.2, 0) is 11.2 Å². The second kappa shape index (κ2) is 9.29. The topological polar surface area (TPSA) is 85.9 Å². The quantitative estimate of drug-likeness (QED) is 0.733. The third-order valence-electron chi connectivity index (χ3n) is 5.36. The molecule has 2 aromatic carbocycles. The van der Waals surface area contributed by atoms with Crippen molar-refractivity contribution in [2.24, 2.45) is 0 Å². The van der Waals surface area contributed by atoms with E-state index in [-0.39, 0.29) is 23.4 Å². The minimum atomic E-state index is -0.311. The number of carbonyl (C=O) groups excluding carboxylic acids is 1. The highest BCUT2D eigenvalue weighted by atomic mass is 16.5. The number of carbonyl (C=O) groups is 1. The summed E-state index contributed by atoms with van der Waals surface area (Å²) in [7, 11) is 4.74. The maximum absolute atomic E-state index is 13.0. The molecule has 1 aliphatic carbocycles. The van der Waals surface area contributed by atoms with Gasteiger partial charge in [0.2, 0.25) is 17.1 Å². The molecule has 0 radical (unpaired) electrons. The predicted molar refractivity (Wildman–Crippen MR) is 121 cm³/mol. The molecule has 0 fully saturated rings. The van der Waals surface area contributed by atoms with Crippen molar-refractivity contribution >= 4 is 11.6 Å². The van der Waals surface area contributed by atoms with Gasteiger partial charge >= 0.3 is 0 Å². The second-order valence-electron chi connectivity index (χ2n) is 7.89. The fraction of sp³-hybridized carbons (Fsp3) is 0.417. The molecule has 0 unspecified atom stereocenters. The van der Waals surface area contributed by atoms with Gasteiger partial charge in [-0.1, -0.05) is 6.07 Å². The molecule has 0 saturated carbocycles. The number of nitrogens with one attached hydrogen (secondary N) is 2. The van der Waals surface area contributed by atoms with Crippen molar-refractivity contribution in [3.05, 3.63) is 45.6 Å². The molecule has 7 heteroatoms. The van der Waals surface area contributed by atoms with E-state index in [2.05, 4.69) is 10.6 Å². The zero-order valence-corrected chi connectivity index (χ0v) is 18.9. The zero-order chi connectivity index (χ0) is 22.7. The average Bonchev–Trinajstić information content (AvgIpc) is 2.96. The third kappa shape index (κ3) is 4.45. The Morgan fingerprint density at radius 3 is 2.35 bits per heavy atom. The zero-order valence-electron chi connectivity index (χ0n) is 18.9. The first-order valence-electron chi connectivity index (χ1n) is 10.3. The lowest BCUT2D eigenvalue weighted by Crippen LogP contribution is -2.26. The molecule has 0 heterocycles. The van der Waals surface area contributed by atoms with Gasteiger partial charge in [-0.2, -0.15) is 0 Å². The first-order valence-corrected chi connectivity index (χ1v) is 10.3. The second-order valence-corrected chi connectivity index (χ2v) is 7.89. The van der Waals surface area contributed by atoms with Crippen LogP contribution >= 0.6 is 0 Å². The van der Waals surface area contributed by atoms with Gasteiger partial charge in [0, 0.05) is 18.5 Å². The standard InChI is InChI=1S/C24H30N2O5/c1-13(2)25-19-10-8-16-17(12-20(19)28)18(26-14(3)27)9-7-15-11-21(29-4)23(30-5)24(31-6)22(15)16/h8,10-13,18H,7,9H2,1-6H3,(H,25,28)(H,26,27)/t18-/m0/s1. The Morgan fingerprint density at radius 2 is 1.77 bits per heavy atom. The summed E-state index contributed by atoms with van der Waals surface area (Å²) in [6.07, 6.45) is 1.30. The number of fused-ring (bicyclic) bond motifs is 3. The summed E-state index contributed by atoms with van der Waals surface area (Å²) in [6, 6.07) is 7.05. The van der Waals surface area contributed by atoms with Gasteiger partial charge in [0.15, 0.2) is 11.5 Å². The summed E-state index contributed by atoms with van der Waals surface area (Å²) in [4.78, 5) is 24.9. The summed E-state index contributed by atoms with van der Waals surface area (Å²) in [5.74, 6) is 1.45. The van der Waals surface area contributed by atoms with E-state index in [1.165, 1.54) is 6.92 Å². The van der Waals surface area contributed by atoms with Crippen LogP contribution in [0.1, 0.15) is 44.4 Å². The fourth-order valence-corrected chi connectivity index (χ4v) is 4.14. The van der Waals surface area contributed by atoms with Crippen LogP contribution in [0.3, 0.4) is 0 Å². The molecular weight excluding hydrogens is 396 g/mol. The van der Waals surface area contributed by atoms with Crippen LogP contribution in [0, 0.1) is 0 Å². The SMILES string of the molecule is COc1cc2c(c(OC)c1OC)-c1ccc(NC(C)C)c(=O)cc1[C@@H](NC(C)=O)CC2. The highest BCUT2D eigenvalue weighted by molar-refractivity contribution is 5.83. The average molecular weight is 427 g/mol. The number of ether oxygens (including phenoxy) is 3. The molecule has 31 heavy (non-hydrogen) atoms. The van der Waals surface area contributed by atoms with Crippen molar-refractivity contribution in [1.82, 2.24) is 5.32 Å². The maximum atomic E-state index is 13.0. The first-order chi connectivity index (χ1) is 14.8. The number of hydrogen-bond donors (Lipinski definition) is 2. The smallest absolute Gasteiger partial charge is 0.217 e. The summed E-state index contributed by atoms with van der Waals surface area (Å²) in [5.41, 5.74) is 3.78. The van der Waals surface area contributed by atoms with Gasteiger partial charge in [0.1, 0.15) is 0 Å². The normalized spacial score (nSPS) is 14.7. The molecule has 0 bridgehead atoms. The van der Waals surface area contributed by atoms with Crippen molar-refractivity contribution in [2.75, 3.05) is 26.6 Å². The number of rotatable bonds is 6. The van der Waals surface area contributed by atoms with E-state index in [1.807, 2.05) is 26.0 Å². The lowest BCUT2D eigenvalue weighted by molar-refractivity contribution is -0.119. The van der Waals surface area contributed by atoms with E-state index >= 15 is 0 Å². The highest BCUT2D eigenvalue weighted by Crippen LogP contribution is 2.50. The fourth-order valence-electron chi connectivity index (χ4n) is 4.14. The van der Waals surface area contributed by atoms with Crippen molar-refractivity contribution < 1.29 is 19.0 Å². The first kappa shape index (κ1) is 22.5. The van der Waals surface area contributed by atoms with Gasteiger partial charge in [-0.15, -0.1) is 0 Å². The Kier molecular flexibility index (Phi) is 6.73. The molecule has 3 rings (SSSR count). The van der Waals surface area contributed by atoms with Crippen LogP contribution in [0.25, 0.3) is 11.1 Å². The van der Waals surface area contributed by atoms with E-state index in [9.17, 15) is 9.59 Å². The lowest BCUT2D eigenvalue weighted by atomic mass is 9.95. The predicted octanol–water partition coefficient (Wildman–Crippen LogP) is 3.68. The maximum Gasteiger partial charge on any atom is 0.217 e. The molecule has 1 atom stereocenters. The Hall–Kier alpha value is -3.22. The van der Waals surface area contributed by atoms with Crippen molar-refractivity contribution in [2.45, 2.75) is 45.7 Å². The van der Waals surface area contributed by atoms with E-state index in [1.54, 1.807) is 33.5 Å². The van der Waals surface area contributed by atoms with Gasteiger partial charge in [0.25, 0.3) is 0 Å². The van der Waals surface area contributed by atoms with Crippen LogP contribution in [0.4, 0.5) is 5.69 Å². The largest absolute Gasteiger partial charge is 0.493 e. The van der Waals surface area contributed by atoms with Crippen LogP contribution in [0.2, 0.25) is 0 Å². The van der Waals surface area contributed by atoms with Gasteiger partial charge in [-0.05, 0) is 61.6 Å². The molecule has 0 saturated heterocycles. The molecule has 2 N–H and O–H groups in total. The minimum Gasteiger partial charge on any atom is -0.493 e. The molecular formula is C24H30N2O5. The number of methoxy groups -OCH3 is 3. The number of aryl methyl sites for hydroxylation is 1. The monoisotopic (exact) mass is 426 g/mol. The van der Waals surface area contributed by atoms with Crippen molar-refractivity contribution in [1.29, 1.82) is 0 Å². The Labute approximate surface area is 182 Å². The van der Waals surface area contributed by atoms with E-state index in [0.717, 1.165) is 22.3 Å². The number of anilines is 1. The van der Waals surface area contributed by atoms with E-state index in [0.29, 0.717) is 35.8 Å². The van der Waals surface area contributed by atoms with E-state index < -0.39 is 0 Å². The van der Waals surface area contributed by atoms with Crippen molar-refractivity contribution in [3.63, 3.8) is 0 Å². The molecule has 1 aliphatic rings. The summed E-state index contributed by atoms with van der Waals surface area (Å²) in [6.45, 7) is 5.44. The Balaban J connectivity index is 2.38. The summed E-state index contributed by atoms with van der Waals surface area (Å²) < 4.78 is 16.9. The van der Waals surface area contributed by atoms with Gasteiger partial charge in [0.05, 0.1) is 33.1 Å². The molecule has 0 aliphatic heterocycles. The number of benzene rings is 1. The molecule has 0 spiro atoms. The highest BCUT2D eigenvalue weighted by Gasteiger charge is 2.29. The Bertz CT molecular complexity index is 1050. The Morgan fingerprint density at radius 1 is 1.06 bits per heavy atom. The molecule has 166 valence electrons. The summed E-state index contributed by atoms with van der Waals surface area (Å²) in [5, 5.41) is 6.21. The van der Waals surface area contributed by atoms with Crippen LogP contribution in [0.15, 0.2) is 29.1 Å². The van der Waals surface area contributed by atoms with Gasteiger partial charge in [-0.3, -0.25) is 9.59 Å². The summed E-state index contributed by atoms with van der Waals surface area (Å²) >= 11 is 0. The van der Waals surface area contributed by atoms with Gasteiger partial charge in [-0.25, -0.2) is 0 Å². The van der Waals surface area contributed by atoms with Crippen LogP contribution in [-0.4, -0.2) is 33.3 Å². The van der Waals surface area contributed by atoms with Crippen LogP contribution in [0.5, 0.6) is 17.2 Å². The molecule has 1 amide bonds. The molecule has 7 nitrogen and oxygen atoms in total. The van der Waals surface area contributed by atoms with E-state index in [4.69, 9.17) is 14.2 Å². The minimum absolute atomic E-state index is 0.104. The molecule has 0 aromatic heterocycles.